The number of aromatic nitrogens is 4. The van der Waals surface area contributed by atoms with Crippen molar-refractivity contribution in [1.82, 2.24) is 24.4 Å². The molecule has 3 aliphatic heterocycles. The van der Waals surface area contributed by atoms with Gasteiger partial charge < -0.3 is 28.4 Å². The van der Waals surface area contributed by atoms with Gasteiger partial charge in [0.15, 0.2) is 28.6 Å². The van der Waals surface area contributed by atoms with Crippen LogP contribution in [-0.4, -0.2) is 64.2 Å². The van der Waals surface area contributed by atoms with E-state index in [1.807, 2.05) is 41.4 Å². The van der Waals surface area contributed by atoms with Gasteiger partial charge in [-0.2, -0.15) is 4.98 Å². The van der Waals surface area contributed by atoms with Crippen LogP contribution < -0.4 is 23.8 Å². The van der Waals surface area contributed by atoms with Crippen molar-refractivity contribution >= 4 is 41.9 Å². The van der Waals surface area contributed by atoms with E-state index in [4.69, 9.17) is 23.9 Å². The summed E-state index contributed by atoms with van der Waals surface area (Å²) in [6, 6.07) is 12.2. The standard InChI is InChI=1S/C25H24N6O4.2ClH/c1-3-20-22(34-15-32-20)9-17(1)12-29-5-7-30(8-6-29)25-26-11-19-24(28-25)31(14-27-19)13-18-2-4-21-23(10-18)35-16-33-21;;/h1-4,9-11,14H,5-8,12-13,15-16H2;2*1H. The Bertz CT molecular complexity index is 1410. The molecule has 0 unspecified atom stereocenters. The number of halogens is 2. The van der Waals surface area contributed by atoms with Crippen LogP contribution in [0.2, 0.25) is 0 Å². The molecule has 0 spiro atoms. The van der Waals surface area contributed by atoms with E-state index in [1.54, 1.807) is 0 Å². The minimum absolute atomic E-state index is 0. The van der Waals surface area contributed by atoms with Gasteiger partial charge >= 0.3 is 0 Å². The van der Waals surface area contributed by atoms with Crippen molar-refractivity contribution < 1.29 is 18.9 Å². The first kappa shape index (κ1) is 25.2. The van der Waals surface area contributed by atoms with E-state index >= 15 is 0 Å². The van der Waals surface area contributed by atoms with Crippen LogP contribution in [0.15, 0.2) is 48.9 Å². The first-order chi connectivity index (χ1) is 17.3. The first-order valence-corrected chi connectivity index (χ1v) is 11.7. The molecule has 1 fully saturated rings. The monoisotopic (exact) mass is 544 g/mol. The van der Waals surface area contributed by atoms with Gasteiger partial charge in [0.1, 0.15) is 5.52 Å². The fraction of sp³-hybridized carbons (Fsp3) is 0.320. The van der Waals surface area contributed by atoms with E-state index in [1.165, 1.54) is 5.56 Å². The van der Waals surface area contributed by atoms with Crippen LogP contribution in [0.1, 0.15) is 11.1 Å². The SMILES string of the molecule is Cl.Cl.c1cc2c(cc1CN1CCN(c3ncc4ncn(Cc5ccc6c(c5)OCO6)c4n3)CC1)OCO2. The Morgan fingerprint density at radius 2 is 1.32 bits per heavy atom. The van der Waals surface area contributed by atoms with Gasteiger partial charge in [-0.3, -0.25) is 4.90 Å². The number of anilines is 1. The molecule has 2 aromatic heterocycles. The molecule has 0 amide bonds. The highest BCUT2D eigenvalue weighted by molar-refractivity contribution is 5.85. The number of rotatable bonds is 5. The predicted octanol–water partition coefficient (Wildman–Crippen LogP) is 3.50. The number of hydrogen-bond donors (Lipinski definition) is 0. The topological polar surface area (TPSA) is 87.0 Å². The third-order valence-corrected chi connectivity index (χ3v) is 6.63. The summed E-state index contributed by atoms with van der Waals surface area (Å²) >= 11 is 0. The van der Waals surface area contributed by atoms with Gasteiger partial charge in [-0.05, 0) is 35.4 Å². The second-order valence-electron chi connectivity index (χ2n) is 8.89. The molecule has 1 saturated heterocycles. The lowest BCUT2D eigenvalue weighted by molar-refractivity contribution is 0.173. The Kier molecular flexibility index (Phi) is 7.14. The maximum atomic E-state index is 5.51. The Morgan fingerprint density at radius 1 is 0.703 bits per heavy atom. The van der Waals surface area contributed by atoms with Crippen molar-refractivity contribution in [2.75, 3.05) is 44.7 Å². The van der Waals surface area contributed by atoms with Gasteiger partial charge in [-0.1, -0.05) is 12.1 Å². The maximum Gasteiger partial charge on any atom is 0.231 e. The summed E-state index contributed by atoms with van der Waals surface area (Å²) in [5.74, 6) is 3.96. The molecule has 10 nitrogen and oxygen atoms in total. The van der Waals surface area contributed by atoms with Gasteiger partial charge in [0.05, 0.1) is 19.1 Å². The molecule has 4 aromatic rings. The lowest BCUT2D eigenvalue weighted by Gasteiger charge is -2.34. The molecule has 7 rings (SSSR count). The number of nitrogens with zero attached hydrogens (tertiary/aromatic N) is 6. The van der Waals surface area contributed by atoms with Gasteiger partial charge in [0.2, 0.25) is 19.5 Å². The van der Waals surface area contributed by atoms with E-state index in [9.17, 15) is 0 Å². The highest BCUT2D eigenvalue weighted by atomic mass is 35.5. The number of piperazine rings is 1. The normalized spacial score (nSPS) is 15.9. The number of benzene rings is 2. The van der Waals surface area contributed by atoms with E-state index in [2.05, 4.69) is 31.9 Å². The molecule has 37 heavy (non-hydrogen) atoms. The molecular weight excluding hydrogens is 519 g/mol. The molecule has 2 aromatic carbocycles. The molecule has 3 aliphatic rings. The summed E-state index contributed by atoms with van der Waals surface area (Å²) in [5.41, 5.74) is 3.95. The summed E-state index contributed by atoms with van der Waals surface area (Å²) in [4.78, 5) is 18.7. The number of imidazole rings is 1. The second kappa shape index (κ2) is 10.5. The second-order valence-corrected chi connectivity index (χ2v) is 8.89. The van der Waals surface area contributed by atoms with Gasteiger partial charge in [0, 0.05) is 32.7 Å². The van der Waals surface area contributed by atoms with Crippen molar-refractivity contribution in [1.29, 1.82) is 0 Å². The molecular formula is C25H26Cl2N6O4. The maximum absolute atomic E-state index is 5.51. The Morgan fingerprint density at radius 3 is 2.00 bits per heavy atom. The molecule has 0 aliphatic carbocycles. The van der Waals surface area contributed by atoms with E-state index in [0.29, 0.717) is 13.3 Å². The molecule has 0 radical (unpaired) electrons. The fourth-order valence-corrected chi connectivity index (χ4v) is 4.75. The van der Waals surface area contributed by atoms with Crippen LogP contribution in [0.4, 0.5) is 5.95 Å². The lowest BCUT2D eigenvalue weighted by Crippen LogP contribution is -2.46. The number of fused-ring (bicyclic) bond motifs is 3. The number of hydrogen-bond acceptors (Lipinski definition) is 9. The predicted molar refractivity (Wildman–Crippen MR) is 142 cm³/mol. The molecule has 0 bridgehead atoms. The van der Waals surface area contributed by atoms with Crippen LogP contribution in [0.25, 0.3) is 11.2 Å². The van der Waals surface area contributed by atoms with Gasteiger partial charge in [0.25, 0.3) is 0 Å². The van der Waals surface area contributed by atoms with E-state index in [0.717, 1.165) is 78.4 Å². The van der Waals surface area contributed by atoms with Crippen LogP contribution >= 0.6 is 24.8 Å². The Labute approximate surface area is 225 Å². The van der Waals surface area contributed by atoms with Crippen LogP contribution in [0, 0.1) is 0 Å². The quantitative estimate of drug-likeness (QED) is 0.374. The van der Waals surface area contributed by atoms with Crippen molar-refractivity contribution in [2.24, 2.45) is 0 Å². The highest BCUT2D eigenvalue weighted by Gasteiger charge is 2.21. The lowest BCUT2D eigenvalue weighted by atomic mass is 10.1. The summed E-state index contributed by atoms with van der Waals surface area (Å²) in [6.07, 6.45) is 3.63. The zero-order chi connectivity index (χ0) is 23.2. The largest absolute Gasteiger partial charge is 0.454 e. The van der Waals surface area contributed by atoms with Crippen molar-refractivity contribution in [3.8, 4) is 23.0 Å². The molecule has 0 saturated carbocycles. The average Bonchev–Trinajstić information content (AvgIpc) is 3.64. The van der Waals surface area contributed by atoms with Crippen LogP contribution in [0.5, 0.6) is 23.0 Å². The number of ether oxygens (including phenoxy) is 4. The summed E-state index contributed by atoms with van der Waals surface area (Å²) < 4.78 is 23.9. The van der Waals surface area contributed by atoms with Crippen molar-refractivity contribution in [3.05, 3.63) is 60.0 Å². The van der Waals surface area contributed by atoms with Crippen LogP contribution in [0.3, 0.4) is 0 Å². The molecule has 12 heteroatoms. The van der Waals surface area contributed by atoms with Gasteiger partial charge in [-0.15, -0.1) is 24.8 Å². The third kappa shape index (κ3) is 4.92. The minimum Gasteiger partial charge on any atom is -0.454 e. The van der Waals surface area contributed by atoms with Crippen molar-refractivity contribution in [3.63, 3.8) is 0 Å². The third-order valence-electron chi connectivity index (χ3n) is 6.63. The zero-order valence-corrected chi connectivity index (χ0v) is 21.5. The van der Waals surface area contributed by atoms with E-state index < -0.39 is 0 Å². The smallest absolute Gasteiger partial charge is 0.231 e. The summed E-state index contributed by atoms with van der Waals surface area (Å²) in [6.45, 7) is 5.71. The molecule has 5 heterocycles. The van der Waals surface area contributed by atoms with E-state index in [-0.39, 0.29) is 31.6 Å². The van der Waals surface area contributed by atoms with Crippen molar-refractivity contribution in [2.45, 2.75) is 13.1 Å². The Hall–Kier alpha value is -3.47. The molecule has 194 valence electrons. The fourth-order valence-electron chi connectivity index (χ4n) is 4.75. The average molecular weight is 545 g/mol. The summed E-state index contributed by atoms with van der Waals surface area (Å²) in [7, 11) is 0. The summed E-state index contributed by atoms with van der Waals surface area (Å²) in [5, 5.41) is 0. The van der Waals surface area contributed by atoms with Crippen LogP contribution in [-0.2, 0) is 13.1 Å². The Balaban J connectivity index is 0.00000140. The zero-order valence-electron chi connectivity index (χ0n) is 19.9. The molecule has 0 atom stereocenters. The molecule has 0 N–H and O–H groups in total. The minimum atomic E-state index is 0. The highest BCUT2D eigenvalue weighted by Crippen LogP contribution is 2.34. The van der Waals surface area contributed by atoms with Gasteiger partial charge in [-0.25, -0.2) is 9.97 Å². The first-order valence-electron chi connectivity index (χ1n) is 11.7.